The van der Waals surface area contributed by atoms with Crippen LogP contribution in [0, 0.1) is 0 Å². The molecule has 1 heterocycles. The van der Waals surface area contributed by atoms with Crippen LogP contribution in [0.1, 0.15) is 19.4 Å². The van der Waals surface area contributed by atoms with Crippen LogP contribution < -0.4 is 5.32 Å². The lowest BCUT2D eigenvalue weighted by molar-refractivity contribution is -0.138. The highest BCUT2D eigenvalue weighted by molar-refractivity contribution is 5.77. The van der Waals surface area contributed by atoms with E-state index in [4.69, 9.17) is 4.74 Å². The number of benzene rings is 1. The molecule has 4 nitrogen and oxygen atoms in total. The summed E-state index contributed by atoms with van der Waals surface area (Å²) in [5.41, 5.74) is 2.43. The van der Waals surface area contributed by atoms with Gasteiger partial charge in [0.25, 0.3) is 0 Å². The normalized spacial score (nSPS) is 17.8. The zero-order valence-electron chi connectivity index (χ0n) is 11.8. The van der Waals surface area contributed by atoms with E-state index < -0.39 is 0 Å². The van der Waals surface area contributed by atoms with Crippen LogP contribution in [0.4, 0.5) is 5.69 Å². The van der Waals surface area contributed by atoms with Crippen LogP contribution in [-0.2, 0) is 16.0 Å². The highest BCUT2D eigenvalue weighted by atomic mass is 16.5. The molecule has 1 aromatic carbocycles. The first kappa shape index (κ1) is 13.9. The van der Waals surface area contributed by atoms with E-state index in [0.29, 0.717) is 0 Å². The van der Waals surface area contributed by atoms with Gasteiger partial charge in [-0.3, -0.25) is 4.79 Å². The largest absolute Gasteiger partial charge is 0.382 e. The van der Waals surface area contributed by atoms with Gasteiger partial charge in [0.1, 0.15) is 6.61 Å². The van der Waals surface area contributed by atoms with Gasteiger partial charge in [-0.15, -0.1) is 0 Å². The molecule has 1 aromatic rings. The number of nitrogens with zero attached hydrogens (tertiary/aromatic N) is 1. The van der Waals surface area contributed by atoms with Crippen LogP contribution >= 0.6 is 0 Å². The van der Waals surface area contributed by atoms with Crippen molar-refractivity contribution in [2.45, 2.75) is 32.4 Å². The number of nitrogens with one attached hydrogen (secondary N) is 1. The quantitative estimate of drug-likeness (QED) is 0.901. The number of fused-ring (bicyclic) bond motifs is 1. The van der Waals surface area contributed by atoms with Gasteiger partial charge in [0.05, 0.1) is 6.10 Å². The van der Waals surface area contributed by atoms with Gasteiger partial charge < -0.3 is 15.0 Å². The SMILES string of the molecule is CC(C)N(C)C(=O)COC1CNc2ccccc2C1. The molecule has 1 unspecified atom stereocenters. The Morgan fingerprint density at radius 3 is 2.95 bits per heavy atom. The van der Waals surface area contributed by atoms with E-state index in [0.717, 1.165) is 13.0 Å². The number of carbonyl (C=O) groups excluding carboxylic acids is 1. The van der Waals surface area contributed by atoms with E-state index >= 15 is 0 Å². The molecule has 0 aromatic heterocycles. The second kappa shape index (κ2) is 6.06. The summed E-state index contributed by atoms with van der Waals surface area (Å²) in [5.74, 6) is 0.0360. The fourth-order valence-electron chi connectivity index (χ4n) is 2.11. The number of anilines is 1. The Bertz CT molecular complexity index is 446. The van der Waals surface area contributed by atoms with E-state index in [-0.39, 0.29) is 24.7 Å². The number of ether oxygens (including phenoxy) is 1. The summed E-state index contributed by atoms with van der Waals surface area (Å²) in [7, 11) is 1.81. The van der Waals surface area contributed by atoms with Crippen molar-refractivity contribution in [1.82, 2.24) is 4.90 Å². The molecule has 1 atom stereocenters. The number of likely N-dealkylation sites (N-methyl/N-ethyl adjacent to an activating group) is 1. The van der Waals surface area contributed by atoms with Crippen molar-refractivity contribution in [2.24, 2.45) is 0 Å². The summed E-state index contributed by atoms with van der Waals surface area (Å²) in [6.07, 6.45) is 0.932. The number of carbonyl (C=O) groups is 1. The van der Waals surface area contributed by atoms with Crippen molar-refractivity contribution in [1.29, 1.82) is 0 Å². The third kappa shape index (κ3) is 3.47. The molecule has 0 saturated heterocycles. The van der Waals surface area contributed by atoms with Crippen LogP contribution in [0.25, 0.3) is 0 Å². The summed E-state index contributed by atoms with van der Waals surface area (Å²) in [5, 5.41) is 3.34. The minimum absolute atomic E-state index is 0.0360. The number of para-hydroxylation sites is 1. The molecule has 19 heavy (non-hydrogen) atoms. The highest BCUT2D eigenvalue weighted by Crippen LogP contribution is 2.22. The van der Waals surface area contributed by atoms with Gasteiger partial charge in [0.2, 0.25) is 5.91 Å². The van der Waals surface area contributed by atoms with E-state index in [1.807, 2.05) is 33.0 Å². The van der Waals surface area contributed by atoms with Crippen LogP contribution in [0.3, 0.4) is 0 Å². The lowest BCUT2D eigenvalue weighted by Gasteiger charge is -2.27. The Hall–Kier alpha value is -1.55. The maximum Gasteiger partial charge on any atom is 0.248 e. The molecular weight excluding hydrogens is 240 g/mol. The fourth-order valence-corrected chi connectivity index (χ4v) is 2.11. The monoisotopic (exact) mass is 262 g/mol. The van der Waals surface area contributed by atoms with Gasteiger partial charge in [-0.05, 0) is 25.5 Å². The Labute approximate surface area is 114 Å². The molecule has 104 valence electrons. The molecule has 1 amide bonds. The zero-order valence-corrected chi connectivity index (χ0v) is 11.8. The van der Waals surface area contributed by atoms with E-state index in [1.165, 1.54) is 11.3 Å². The summed E-state index contributed by atoms with van der Waals surface area (Å²) in [6.45, 7) is 4.91. The van der Waals surface area contributed by atoms with Crippen molar-refractivity contribution in [2.75, 3.05) is 25.5 Å². The third-order valence-electron chi connectivity index (χ3n) is 3.60. The molecule has 4 heteroatoms. The van der Waals surface area contributed by atoms with Gasteiger partial charge in [-0.1, -0.05) is 18.2 Å². The molecular formula is C15H22N2O2. The third-order valence-corrected chi connectivity index (χ3v) is 3.60. The van der Waals surface area contributed by atoms with Crippen molar-refractivity contribution in [3.05, 3.63) is 29.8 Å². The van der Waals surface area contributed by atoms with E-state index in [9.17, 15) is 4.79 Å². The summed E-state index contributed by atoms with van der Waals surface area (Å²) in [4.78, 5) is 13.6. The molecule has 0 saturated carbocycles. The Morgan fingerprint density at radius 2 is 2.21 bits per heavy atom. The molecule has 1 N–H and O–H groups in total. The Morgan fingerprint density at radius 1 is 1.47 bits per heavy atom. The molecule has 0 aliphatic carbocycles. The molecule has 0 spiro atoms. The first-order chi connectivity index (χ1) is 9.08. The molecule has 0 radical (unpaired) electrons. The van der Waals surface area contributed by atoms with Crippen LogP contribution in [0.5, 0.6) is 0 Å². The minimum Gasteiger partial charge on any atom is -0.382 e. The second-order valence-electron chi connectivity index (χ2n) is 5.27. The first-order valence-corrected chi connectivity index (χ1v) is 6.77. The standard InChI is InChI=1S/C15H22N2O2/c1-11(2)17(3)15(18)10-19-13-8-12-6-4-5-7-14(12)16-9-13/h4-7,11,13,16H,8-10H2,1-3H3. The summed E-state index contributed by atoms with van der Waals surface area (Å²) in [6, 6.07) is 8.43. The Kier molecular flexibility index (Phi) is 4.43. The maximum atomic E-state index is 11.9. The average molecular weight is 262 g/mol. The fraction of sp³-hybridized carbons (Fsp3) is 0.533. The van der Waals surface area contributed by atoms with Crippen molar-refractivity contribution in [3.8, 4) is 0 Å². The number of hydrogen-bond donors (Lipinski definition) is 1. The Balaban J connectivity index is 1.84. The van der Waals surface area contributed by atoms with Crippen molar-refractivity contribution < 1.29 is 9.53 Å². The molecule has 0 fully saturated rings. The summed E-state index contributed by atoms with van der Waals surface area (Å²) >= 11 is 0. The van der Waals surface area contributed by atoms with Gasteiger partial charge in [-0.2, -0.15) is 0 Å². The van der Waals surface area contributed by atoms with Gasteiger partial charge in [0, 0.05) is 31.7 Å². The maximum absolute atomic E-state index is 11.9. The topological polar surface area (TPSA) is 41.6 Å². The van der Waals surface area contributed by atoms with E-state index in [2.05, 4.69) is 17.4 Å². The predicted octanol–water partition coefficient (Wildman–Crippen LogP) is 1.91. The average Bonchev–Trinajstić information content (AvgIpc) is 2.43. The van der Waals surface area contributed by atoms with Crippen molar-refractivity contribution >= 4 is 11.6 Å². The molecule has 1 aliphatic heterocycles. The van der Waals surface area contributed by atoms with Gasteiger partial charge in [-0.25, -0.2) is 0 Å². The first-order valence-electron chi connectivity index (χ1n) is 6.77. The lowest BCUT2D eigenvalue weighted by Crippen LogP contribution is -2.39. The predicted molar refractivity (Wildman–Crippen MR) is 76.3 cm³/mol. The number of amides is 1. The zero-order chi connectivity index (χ0) is 13.8. The molecule has 1 aliphatic rings. The van der Waals surface area contributed by atoms with Crippen molar-refractivity contribution in [3.63, 3.8) is 0 Å². The number of hydrogen-bond acceptors (Lipinski definition) is 3. The number of rotatable bonds is 4. The van der Waals surface area contributed by atoms with Crippen LogP contribution in [0.15, 0.2) is 24.3 Å². The van der Waals surface area contributed by atoms with Gasteiger partial charge in [0.15, 0.2) is 0 Å². The lowest BCUT2D eigenvalue weighted by atomic mass is 10.0. The smallest absolute Gasteiger partial charge is 0.248 e. The minimum atomic E-state index is 0.0360. The van der Waals surface area contributed by atoms with E-state index in [1.54, 1.807) is 4.90 Å². The van der Waals surface area contributed by atoms with Crippen LogP contribution in [-0.4, -0.2) is 43.2 Å². The summed E-state index contributed by atoms with van der Waals surface area (Å²) < 4.78 is 5.72. The molecule has 0 bridgehead atoms. The second-order valence-corrected chi connectivity index (χ2v) is 5.27. The molecule has 2 rings (SSSR count). The van der Waals surface area contributed by atoms with Gasteiger partial charge >= 0.3 is 0 Å². The van der Waals surface area contributed by atoms with Crippen LogP contribution in [0.2, 0.25) is 0 Å². The highest BCUT2D eigenvalue weighted by Gasteiger charge is 2.20.